The van der Waals surface area contributed by atoms with Crippen LogP contribution >= 0.6 is 0 Å². The van der Waals surface area contributed by atoms with E-state index in [9.17, 15) is 0 Å². The summed E-state index contributed by atoms with van der Waals surface area (Å²) >= 11 is 0. The van der Waals surface area contributed by atoms with Gasteiger partial charge in [0.2, 0.25) is 0 Å². The molecule has 12 nitrogen and oxygen atoms in total. The van der Waals surface area contributed by atoms with Crippen LogP contribution in [-0.2, 0) is 19.6 Å². The third-order valence-corrected chi connectivity index (χ3v) is 18.4. The van der Waals surface area contributed by atoms with Crippen LogP contribution in [-0.4, -0.2) is 93.3 Å². The van der Waals surface area contributed by atoms with Gasteiger partial charge >= 0.3 is 0 Å². The van der Waals surface area contributed by atoms with Crippen LogP contribution in [0.1, 0.15) is 63.8 Å². The molecule has 0 aliphatic heterocycles. The van der Waals surface area contributed by atoms with Crippen molar-refractivity contribution in [2.24, 2.45) is 0 Å². The van der Waals surface area contributed by atoms with Gasteiger partial charge in [0.15, 0.2) is 0 Å². The van der Waals surface area contributed by atoms with Crippen molar-refractivity contribution < 1.29 is 37.9 Å². The van der Waals surface area contributed by atoms with Crippen LogP contribution in [0.25, 0.3) is 22.3 Å². The Kier molecular flexibility index (Phi) is 17.3. The fourth-order valence-corrected chi connectivity index (χ4v) is 13.0. The first-order valence-corrected chi connectivity index (χ1v) is 29.8. The minimum atomic E-state index is -0.941. The lowest BCUT2D eigenvalue weighted by Gasteiger charge is -2.38. The van der Waals surface area contributed by atoms with E-state index in [2.05, 4.69) is 195 Å². The fraction of sp³-hybridized carbons (Fsp3) is 0.280. The number of methoxy groups -OCH3 is 8. The fourth-order valence-electron chi connectivity index (χ4n) is 13.0. The first-order chi connectivity index (χ1) is 42.2. The average Bonchev–Trinajstić information content (AvgIpc) is 1.53. The lowest BCUT2D eigenvalue weighted by atomic mass is 9.70. The molecule has 9 aromatic carbocycles. The molecule has 1 spiro atoms. The van der Waals surface area contributed by atoms with E-state index in [1.165, 1.54) is 0 Å². The first-order valence-electron chi connectivity index (χ1n) is 29.8. The molecule has 0 saturated heterocycles. The number of benzene rings is 9. The molecule has 0 N–H and O–H groups in total. The molecule has 0 amide bonds. The van der Waals surface area contributed by atoms with Crippen molar-refractivity contribution in [2.45, 2.75) is 83.4 Å². The van der Waals surface area contributed by atoms with Gasteiger partial charge in [-0.2, -0.15) is 0 Å². The second-order valence-corrected chi connectivity index (χ2v) is 22.6. The van der Waals surface area contributed by atoms with Crippen molar-refractivity contribution in [3.8, 4) is 51.0 Å². The highest BCUT2D eigenvalue weighted by Gasteiger charge is 2.53. The zero-order valence-electron chi connectivity index (χ0n) is 52.5. The third kappa shape index (κ3) is 10.7. The summed E-state index contributed by atoms with van der Waals surface area (Å²) in [6.07, 6.45) is -0.431. The molecule has 0 bridgehead atoms. The van der Waals surface area contributed by atoms with Crippen LogP contribution in [0.15, 0.2) is 194 Å². The van der Waals surface area contributed by atoms with E-state index in [-0.39, 0.29) is 36.4 Å². The predicted molar refractivity (Wildman–Crippen MR) is 354 cm³/mol. The zero-order valence-corrected chi connectivity index (χ0v) is 52.5. The summed E-state index contributed by atoms with van der Waals surface area (Å²) in [5.74, 6) is 3.89. The van der Waals surface area contributed by atoms with Crippen LogP contribution in [0.3, 0.4) is 0 Å². The van der Waals surface area contributed by atoms with Gasteiger partial charge in [0, 0.05) is 72.5 Å². The Morgan fingerprint density at radius 2 is 0.460 bits per heavy atom. The summed E-state index contributed by atoms with van der Waals surface area (Å²) in [7, 11) is 13.9. The van der Waals surface area contributed by atoms with Gasteiger partial charge in [-0.1, -0.05) is 24.3 Å². The second-order valence-electron chi connectivity index (χ2n) is 22.6. The van der Waals surface area contributed by atoms with Crippen LogP contribution in [0, 0.1) is 0 Å². The molecular weight excluding hydrogens is 1080 g/mol. The zero-order chi connectivity index (χ0) is 61.3. The number of hydrogen-bond donors (Lipinski definition) is 0. The van der Waals surface area contributed by atoms with Gasteiger partial charge < -0.3 is 57.5 Å². The second kappa shape index (κ2) is 25.2. The summed E-state index contributed by atoms with van der Waals surface area (Å²) in [5.41, 5.74) is 17.2. The predicted octanol–water partition coefficient (Wildman–Crippen LogP) is 17.2. The van der Waals surface area contributed by atoms with Gasteiger partial charge in [0.25, 0.3) is 0 Å². The molecule has 0 fully saturated rings. The van der Waals surface area contributed by atoms with Crippen molar-refractivity contribution in [3.63, 3.8) is 0 Å². The number of ether oxygens (including phenoxy) is 8. The van der Waals surface area contributed by atoms with Crippen LogP contribution < -0.4 is 43.3 Å². The van der Waals surface area contributed by atoms with Gasteiger partial charge in [0.1, 0.15) is 28.7 Å². The van der Waals surface area contributed by atoms with Crippen LogP contribution in [0.4, 0.5) is 51.2 Å². The average molecular weight is 1170 g/mol. The van der Waals surface area contributed by atoms with Crippen LogP contribution in [0.2, 0.25) is 0 Å². The Morgan fingerprint density at radius 1 is 0.253 bits per heavy atom. The molecule has 448 valence electrons. The summed E-state index contributed by atoms with van der Waals surface area (Å²) in [4.78, 5) is 9.55. The van der Waals surface area contributed by atoms with Crippen molar-refractivity contribution in [1.29, 1.82) is 0 Å². The highest BCUT2D eigenvalue weighted by molar-refractivity contribution is 5.99. The van der Waals surface area contributed by atoms with E-state index < -0.39 is 5.41 Å². The van der Waals surface area contributed by atoms with Crippen LogP contribution in [0.5, 0.6) is 28.7 Å². The maximum Gasteiger partial charge on any atom is 0.119 e. The molecule has 7 atom stereocenters. The van der Waals surface area contributed by atoms with Crippen molar-refractivity contribution >= 4 is 51.2 Å². The Bertz CT molecular complexity index is 3560. The number of anilines is 9. The van der Waals surface area contributed by atoms with Crippen molar-refractivity contribution in [1.82, 2.24) is 0 Å². The van der Waals surface area contributed by atoms with E-state index in [0.717, 1.165) is 124 Å². The smallest absolute Gasteiger partial charge is 0.119 e. The summed E-state index contributed by atoms with van der Waals surface area (Å²) in [6.45, 7) is 13.1. The number of fused-ring (bicyclic) bond motifs is 10. The molecular formula is C75H80N4O8. The van der Waals surface area contributed by atoms with Crippen molar-refractivity contribution in [3.05, 3.63) is 216 Å². The Labute approximate surface area is 513 Å². The lowest BCUT2D eigenvalue weighted by molar-refractivity contribution is 0.100. The molecule has 2 aliphatic rings. The molecule has 87 heavy (non-hydrogen) atoms. The van der Waals surface area contributed by atoms with E-state index in [4.69, 9.17) is 37.9 Å². The van der Waals surface area contributed by atoms with E-state index in [1.807, 2.05) is 60.7 Å². The van der Waals surface area contributed by atoms with E-state index >= 15 is 0 Å². The number of nitrogens with zero attached hydrogens (tertiary/aromatic N) is 4. The van der Waals surface area contributed by atoms with Gasteiger partial charge in [-0.05, 0) is 256 Å². The molecule has 2 aliphatic carbocycles. The maximum absolute atomic E-state index is 6.18. The lowest BCUT2D eigenvalue weighted by Crippen LogP contribution is -2.39. The molecule has 12 heteroatoms. The third-order valence-electron chi connectivity index (χ3n) is 18.4. The van der Waals surface area contributed by atoms with Gasteiger partial charge in [-0.15, -0.1) is 0 Å². The molecule has 0 aromatic heterocycles. The Balaban J connectivity index is 1.27. The SMILES string of the molecule is COc1ccc(N(c2ccc(OC)cc2)c2ccc3c(c2)[C@]2(c4cc(N(c5ccc(OC)cc5)C(C)C(C)OC)ccc4-3)c3cc(N(c4ccc(OC)cc4)C(C)[C@H](C)OC)ccc3-c3ccc(N(c4ccc(OC)cc4)C(C)[C@@H](C)OC)cc32)cc1. The number of hydrogen-bond acceptors (Lipinski definition) is 12. The Morgan fingerprint density at radius 3 is 0.690 bits per heavy atom. The summed E-state index contributed by atoms with van der Waals surface area (Å²) in [6, 6.07) is 69.5. The molecule has 0 heterocycles. The quantitative estimate of drug-likeness (QED) is 0.0611. The molecule has 4 unspecified atom stereocenters. The topological polar surface area (TPSA) is 86.8 Å². The molecule has 11 rings (SSSR count). The normalized spacial score (nSPS) is 15.6. The summed E-state index contributed by atoms with van der Waals surface area (Å²) < 4.78 is 47.2. The number of rotatable bonds is 23. The minimum Gasteiger partial charge on any atom is -0.497 e. The molecule has 0 saturated carbocycles. The minimum absolute atomic E-state index is 0.0960. The monoisotopic (exact) mass is 1160 g/mol. The van der Waals surface area contributed by atoms with Crippen molar-refractivity contribution in [2.75, 3.05) is 76.5 Å². The van der Waals surface area contributed by atoms with Gasteiger partial charge in [0.05, 0.1) is 77.4 Å². The Hall–Kier alpha value is -8.94. The van der Waals surface area contributed by atoms with E-state index in [1.54, 1.807) is 56.9 Å². The van der Waals surface area contributed by atoms with E-state index in [0.29, 0.717) is 0 Å². The highest BCUT2D eigenvalue weighted by Crippen LogP contribution is 2.65. The maximum atomic E-state index is 6.18. The first kappa shape index (κ1) is 59.8. The molecule has 9 aromatic rings. The molecule has 0 radical (unpaired) electrons. The standard InChI is InChI=1S/C75H80N4O8/c1-47(50(4)80-7)76(53-15-29-62(83-10)30-16-53)58-25-39-67-68-40-26-59(77(48(2)51(5)81-8)54-17-31-63(84-11)32-18-54)44-72(68)75(71(67)43-58)73-45-60(78(49(3)52(6)82-9)55-19-33-64(85-12)34-20-55)27-41-69(73)70-42-28-61(46-74(70)75)79(56-21-35-65(86-13)36-22-56)57-23-37-66(87-14)38-24-57/h15-52H,1-14H3/t47?,48?,49?,50-,51+,52?,75+. The van der Waals surface area contributed by atoms with Gasteiger partial charge in [-0.3, -0.25) is 0 Å². The summed E-state index contributed by atoms with van der Waals surface area (Å²) in [5, 5.41) is 0. The highest BCUT2D eigenvalue weighted by atomic mass is 16.5. The largest absolute Gasteiger partial charge is 0.497 e. The van der Waals surface area contributed by atoms with Gasteiger partial charge in [-0.25, -0.2) is 0 Å².